The van der Waals surface area contributed by atoms with Crippen LogP contribution in [-0.4, -0.2) is 38.8 Å². The molecular weight excluding hydrogens is 440 g/mol. The number of ketones is 1. The fourth-order valence-electron chi connectivity index (χ4n) is 3.61. The SMILES string of the molecule is Nc1ccc(F)c(C(=O)c2c[nH]c3ncc(-c4ccc(OCCN5[C+]=CC=C5)nc4)cc23)c1F. The predicted molar refractivity (Wildman–Crippen MR) is 123 cm³/mol. The second kappa shape index (κ2) is 8.73. The minimum Gasteiger partial charge on any atom is -0.476 e. The summed E-state index contributed by atoms with van der Waals surface area (Å²) in [6, 6.07) is 7.32. The summed E-state index contributed by atoms with van der Waals surface area (Å²) >= 11 is 0. The van der Waals surface area contributed by atoms with Crippen LogP contribution in [0, 0.1) is 17.8 Å². The van der Waals surface area contributed by atoms with Crippen molar-refractivity contribution in [1.29, 1.82) is 0 Å². The van der Waals surface area contributed by atoms with Gasteiger partial charge in [0, 0.05) is 46.7 Å². The Hall–Kier alpha value is -4.62. The van der Waals surface area contributed by atoms with Gasteiger partial charge in [-0.3, -0.25) is 4.79 Å². The molecule has 0 atom stereocenters. The van der Waals surface area contributed by atoms with E-state index in [2.05, 4.69) is 21.2 Å². The number of carbonyl (C=O) groups is 1. The third kappa shape index (κ3) is 3.96. The summed E-state index contributed by atoms with van der Waals surface area (Å²) < 4.78 is 34.3. The fourth-order valence-corrected chi connectivity index (χ4v) is 3.61. The monoisotopic (exact) mass is 458 g/mol. The summed E-state index contributed by atoms with van der Waals surface area (Å²) in [5.41, 5.74) is 6.43. The molecule has 0 fully saturated rings. The van der Waals surface area contributed by atoms with Crippen molar-refractivity contribution in [2.24, 2.45) is 0 Å². The second-order valence-electron chi connectivity index (χ2n) is 7.54. The molecule has 0 saturated carbocycles. The van der Waals surface area contributed by atoms with Crippen molar-refractivity contribution in [3.8, 4) is 17.0 Å². The molecule has 0 spiro atoms. The maximum absolute atomic E-state index is 14.4. The molecule has 1 aromatic carbocycles. The highest BCUT2D eigenvalue weighted by atomic mass is 19.1. The molecule has 4 aromatic rings. The molecule has 0 amide bonds. The number of ether oxygens (including phenoxy) is 1. The van der Waals surface area contributed by atoms with Gasteiger partial charge in [0.05, 0.1) is 17.8 Å². The zero-order chi connectivity index (χ0) is 23.7. The van der Waals surface area contributed by atoms with E-state index in [4.69, 9.17) is 10.5 Å². The van der Waals surface area contributed by atoms with Gasteiger partial charge in [-0.25, -0.2) is 18.7 Å². The number of aromatic nitrogens is 3. The van der Waals surface area contributed by atoms with Gasteiger partial charge in [0.1, 0.15) is 36.4 Å². The number of fused-ring (bicyclic) bond motifs is 1. The molecule has 4 heterocycles. The molecule has 5 rings (SSSR count). The quantitative estimate of drug-likeness (QED) is 0.244. The van der Waals surface area contributed by atoms with Crippen molar-refractivity contribution in [1.82, 2.24) is 19.9 Å². The number of nitrogens with two attached hydrogens (primary N) is 1. The number of hydrogen-bond acceptors (Lipinski definition) is 6. The number of nitrogen functional groups attached to an aromatic ring is 1. The third-order valence-corrected chi connectivity index (χ3v) is 5.38. The highest BCUT2D eigenvalue weighted by Crippen LogP contribution is 2.28. The zero-order valence-electron chi connectivity index (χ0n) is 17.8. The van der Waals surface area contributed by atoms with Crippen LogP contribution in [0.3, 0.4) is 0 Å². The Balaban J connectivity index is 1.39. The van der Waals surface area contributed by atoms with Crippen molar-refractivity contribution in [3.63, 3.8) is 0 Å². The number of hydrogen-bond donors (Lipinski definition) is 2. The molecule has 3 aromatic heterocycles. The van der Waals surface area contributed by atoms with Crippen LogP contribution >= 0.6 is 0 Å². The van der Waals surface area contributed by atoms with Crippen molar-refractivity contribution in [3.05, 3.63) is 96.2 Å². The van der Waals surface area contributed by atoms with Gasteiger partial charge in [-0.2, -0.15) is 4.90 Å². The van der Waals surface area contributed by atoms with Crippen molar-refractivity contribution < 1.29 is 18.3 Å². The third-order valence-electron chi connectivity index (χ3n) is 5.38. The number of halogens is 2. The van der Waals surface area contributed by atoms with E-state index < -0.39 is 23.0 Å². The zero-order valence-corrected chi connectivity index (χ0v) is 17.8. The molecule has 0 saturated heterocycles. The van der Waals surface area contributed by atoms with Gasteiger partial charge in [-0.1, -0.05) is 0 Å². The smallest absolute Gasteiger partial charge is 0.213 e. The van der Waals surface area contributed by atoms with Crippen LogP contribution in [0.1, 0.15) is 15.9 Å². The number of pyridine rings is 2. The van der Waals surface area contributed by atoms with Crippen molar-refractivity contribution in [2.45, 2.75) is 0 Å². The van der Waals surface area contributed by atoms with Crippen LogP contribution in [0.5, 0.6) is 5.88 Å². The molecule has 168 valence electrons. The van der Waals surface area contributed by atoms with Gasteiger partial charge in [-0.15, -0.1) is 0 Å². The first-order valence-electron chi connectivity index (χ1n) is 10.4. The van der Waals surface area contributed by atoms with E-state index >= 15 is 0 Å². The second-order valence-corrected chi connectivity index (χ2v) is 7.54. The first-order chi connectivity index (χ1) is 16.5. The topological polar surface area (TPSA) is 97.1 Å². The molecule has 0 bridgehead atoms. The summed E-state index contributed by atoms with van der Waals surface area (Å²) in [6.45, 7) is 1.09. The van der Waals surface area contributed by atoms with E-state index in [9.17, 15) is 13.6 Å². The fraction of sp³-hybridized carbons (Fsp3) is 0.0800. The number of carbonyl (C=O) groups excluding carboxylic acids is 1. The molecule has 0 aliphatic carbocycles. The van der Waals surface area contributed by atoms with Crippen molar-refractivity contribution >= 4 is 22.5 Å². The molecular formula is C25H18F2N5O2+. The van der Waals surface area contributed by atoms with Crippen LogP contribution in [0.15, 0.2) is 67.3 Å². The van der Waals surface area contributed by atoms with Gasteiger partial charge in [0.25, 0.3) is 0 Å². The normalized spacial score (nSPS) is 12.4. The lowest BCUT2D eigenvalue weighted by atomic mass is 10.00. The molecule has 34 heavy (non-hydrogen) atoms. The Bertz CT molecular complexity index is 1430. The Morgan fingerprint density at radius 3 is 2.76 bits per heavy atom. The summed E-state index contributed by atoms with van der Waals surface area (Å²) in [5, 5.41) is 0.423. The van der Waals surface area contributed by atoms with Crippen LogP contribution < -0.4 is 10.5 Å². The largest absolute Gasteiger partial charge is 0.476 e. The molecule has 3 N–H and O–H groups in total. The maximum atomic E-state index is 14.4. The Kier molecular flexibility index (Phi) is 5.45. The maximum Gasteiger partial charge on any atom is 0.213 e. The van der Waals surface area contributed by atoms with Gasteiger partial charge < -0.3 is 15.5 Å². The predicted octanol–water partition coefficient (Wildman–Crippen LogP) is 4.24. The molecule has 0 unspecified atom stereocenters. The first kappa shape index (κ1) is 21.2. The lowest BCUT2D eigenvalue weighted by molar-refractivity contribution is 0.103. The first-order valence-corrected chi connectivity index (χ1v) is 10.4. The molecule has 1 aliphatic rings. The van der Waals surface area contributed by atoms with E-state index in [-0.39, 0.29) is 11.3 Å². The minimum atomic E-state index is -1.09. The average molecular weight is 458 g/mol. The number of nitrogens with zero attached hydrogens (tertiary/aromatic N) is 3. The number of nitrogens with one attached hydrogen (secondary N) is 1. The molecule has 9 heteroatoms. The van der Waals surface area contributed by atoms with Crippen molar-refractivity contribution in [2.75, 3.05) is 18.9 Å². The molecule has 7 nitrogen and oxygen atoms in total. The number of benzene rings is 1. The van der Waals surface area contributed by atoms with Gasteiger partial charge in [-0.05, 0) is 24.3 Å². The van der Waals surface area contributed by atoms with Crippen LogP contribution in [0.4, 0.5) is 14.5 Å². The number of aromatic amines is 1. The van der Waals surface area contributed by atoms with Crippen LogP contribution in [0.2, 0.25) is 0 Å². The summed E-state index contributed by atoms with van der Waals surface area (Å²) in [6.07, 6.45) is 13.3. The van der Waals surface area contributed by atoms with E-state index in [1.807, 2.05) is 29.3 Å². The highest BCUT2D eigenvalue weighted by Gasteiger charge is 2.24. The number of anilines is 1. The number of rotatable bonds is 7. The highest BCUT2D eigenvalue weighted by molar-refractivity contribution is 6.16. The Morgan fingerprint density at radius 2 is 2.00 bits per heavy atom. The lowest BCUT2D eigenvalue weighted by Gasteiger charge is -2.08. The van der Waals surface area contributed by atoms with Gasteiger partial charge >= 0.3 is 0 Å². The van der Waals surface area contributed by atoms with E-state index in [0.717, 1.165) is 17.7 Å². The Morgan fingerprint density at radius 1 is 1.15 bits per heavy atom. The number of H-pyrrole nitrogens is 1. The van der Waals surface area contributed by atoms with E-state index in [0.29, 0.717) is 35.6 Å². The molecule has 0 radical (unpaired) electrons. The summed E-state index contributed by atoms with van der Waals surface area (Å²) in [7, 11) is 0. The average Bonchev–Trinajstić information content (AvgIpc) is 3.52. The van der Waals surface area contributed by atoms with Crippen LogP contribution in [-0.2, 0) is 0 Å². The number of allylic oxidation sites excluding steroid dienone is 2. The summed E-state index contributed by atoms with van der Waals surface area (Å²) in [4.78, 5) is 26.4. The minimum absolute atomic E-state index is 0.0856. The van der Waals surface area contributed by atoms with E-state index in [1.165, 1.54) is 6.20 Å². The van der Waals surface area contributed by atoms with Gasteiger partial charge in [0.2, 0.25) is 11.7 Å². The van der Waals surface area contributed by atoms with E-state index in [1.54, 1.807) is 24.5 Å². The Labute approximate surface area is 193 Å². The summed E-state index contributed by atoms with van der Waals surface area (Å²) in [5.74, 6) is -2.42. The van der Waals surface area contributed by atoms with Gasteiger partial charge in [0.15, 0.2) is 12.0 Å². The van der Waals surface area contributed by atoms with Crippen LogP contribution in [0.25, 0.3) is 22.2 Å². The molecule has 1 aliphatic heterocycles. The lowest BCUT2D eigenvalue weighted by Crippen LogP contribution is -2.17. The standard InChI is InChI=1S/C25H17F2N5O2/c26-19-4-5-20(28)23(27)22(19)24(33)18-14-31-25-17(18)11-16(13-30-25)15-3-6-21(29-12-15)34-10-9-32-7-1-2-8-32/h1-7,11-14H,9-10,28H2/p+1.